The number of esters is 1. The topological polar surface area (TPSA) is 47.9 Å². The van der Waals surface area contributed by atoms with Crippen LogP contribution in [0.2, 0.25) is 10.0 Å². The van der Waals surface area contributed by atoms with E-state index in [1.807, 2.05) is 6.92 Å². The largest absolute Gasteiger partial charge is 0.463 e. The van der Waals surface area contributed by atoms with E-state index < -0.39 is 5.97 Å². The Bertz CT molecular complexity index is 450. The summed E-state index contributed by atoms with van der Waals surface area (Å²) in [4.78, 5) is 16.0. The van der Waals surface area contributed by atoms with Gasteiger partial charge >= 0.3 is 5.97 Å². The van der Waals surface area contributed by atoms with Gasteiger partial charge in [-0.1, -0.05) is 47.8 Å². The van der Waals surface area contributed by atoms with E-state index in [2.05, 4.69) is 5.16 Å². The zero-order valence-electron chi connectivity index (χ0n) is 10.6. The lowest BCUT2D eigenvalue weighted by Gasteiger charge is -2.02. The van der Waals surface area contributed by atoms with Crippen LogP contribution in [-0.4, -0.2) is 25.4 Å². The maximum Gasteiger partial charge on any atom is 0.347 e. The summed E-state index contributed by atoms with van der Waals surface area (Å²) < 4.78 is 4.89. The number of benzene rings is 1. The molecule has 0 atom stereocenters. The third-order valence-electron chi connectivity index (χ3n) is 2.17. The highest BCUT2D eigenvalue weighted by molar-refractivity contribution is 6.36. The van der Waals surface area contributed by atoms with Gasteiger partial charge in [-0.25, -0.2) is 4.79 Å². The van der Waals surface area contributed by atoms with Crippen LogP contribution in [0.15, 0.2) is 23.4 Å². The highest BCUT2D eigenvalue weighted by Gasteiger charge is 2.02. The van der Waals surface area contributed by atoms with Crippen molar-refractivity contribution in [1.82, 2.24) is 0 Å². The Kier molecular flexibility index (Phi) is 7.30. The number of rotatable bonds is 7. The highest BCUT2D eigenvalue weighted by Crippen LogP contribution is 2.19. The maximum absolute atomic E-state index is 11.2. The summed E-state index contributed by atoms with van der Waals surface area (Å²) in [6, 6.07) is 4.99. The lowest BCUT2D eigenvalue weighted by Crippen LogP contribution is -2.11. The van der Waals surface area contributed by atoms with Crippen LogP contribution in [0.3, 0.4) is 0 Å². The average molecular weight is 304 g/mol. The first kappa shape index (κ1) is 15.8. The zero-order chi connectivity index (χ0) is 14.1. The maximum atomic E-state index is 11.2. The monoisotopic (exact) mass is 303 g/mol. The second-order valence-electron chi connectivity index (χ2n) is 3.75. The Labute approximate surface area is 122 Å². The molecule has 0 saturated heterocycles. The van der Waals surface area contributed by atoms with Gasteiger partial charge in [0.15, 0.2) is 0 Å². The molecular formula is C13H15Cl2NO3. The van der Waals surface area contributed by atoms with E-state index >= 15 is 0 Å². The molecule has 0 N–H and O–H groups in total. The van der Waals surface area contributed by atoms with Crippen LogP contribution in [0.1, 0.15) is 25.3 Å². The first-order valence-corrected chi connectivity index (χ1v) is 6.65. The summed E-state index contributed by atoms with van der Waals surface area (Å²) in [6.07, 6.45) is 3.23. The van der Waals surface area contributed by atoms with Gasteiger partial charge in [-0.2, -0.15) is 0 Å². The molecule has 0 saturated carbocycles. The molecule has 0 unspecified atom stereocenters. The van der Waals surface area contributed by atoms with Crippen LogP contribution in [0, 0.1) is 0 Å². The van der Waals surface area contributed by atoms with Crippen molar-refractivity contribution >= 4 is 35.4 Å². The summed E-state index contributed by atoms with van der Waals surface area (Å²) in [5.41, 5.74) is 0.658. The molecule has 0 aliphatic rings. The van der Waals surface area contributed by atoms with Crippen LogP contribution in [0.4, 0.5) is 0 Å². The molecular weight excluding hydrogens is 289 g/mol. The van der Waals surface area contributed by atoms with Crippen molar-refractivity contribution in [1.29, 1.82) is 0 Å². The fourth-order valence-corrected chi connectivity index (χ4v) is 1.62. The Morgan fingerprint density at radius 2 is 2.21 bits per heavy atom. The van der Waals surface area contributed by atoms with Gasteiger partial charge in [-0.15, -0.1) is 0 Å². The van der Waals surface area contributed by atoms with Crippen molar-refractivity contribution in [2.75, 3.05) is 13.2 Å². The molecule has 0 aliphatic heterocycles. The summed E-state index contributed by atoms with van der Waals surface area (Å²) in [7, 11) is 0. The Balaban J connectivity index is 2.32. The van der Waals surface area contributed by atoms with Crippen LogP contribution in [-0.2, 0) is 14.4 Å². The molecule has 1 aromatic rings. The van der Waals surface area contributed by atoms with Crippen LogP contribution in [0.25, 0.3) is 0 Å². The van der Waals surface area contributed by atoms with E-state index in [-0.39, 0.29) is 6.61 Å². The molecule has 1 rings (SSSR count). The SMILES string of the molecule is CCCCOC(=O)CO/N=C/c1ccc(Cl)cc1Cl. The molecule has 0 bridgehead atoms. The molecule has 0 aromatic heterocycles. The van der Waals surface area contributed by atoms with E-state index in [0.29, 0.717) is 22.2 Å². The molecule has 4 nitrogen and oxygen atoms in total. The van der Waals surface area contributed by atoms with E-state index in [9.17, 15) is 4.79 Å². The molecule has 0 heterocycles. The van der Waals surface area contributed by atoms with E-state index in [1.54, 1.807) is 18.2 Å². The van der Waals surface area contributed by atoms with Crippen molar-refractivity contribution in [2.24, 2.45) is 5.16 Å². The molecule has 6 heteroatoms. The zero-order valence-corrected chi connectivity index (χ0v) is 12.1. The standard InChI is InChI=1S/C13H15Cl2NO3/c1-2-3-6-18-13(17)9-19-16-8-10-4-5-11(14)7-12(10)15/h4-5,7-8H,2-3,6,9H2,1H3/b16-8+. The van der Waals surface area contributed by atoms with Gasteiger partial charge in [0.05, 0.1) is 17.8 Å². The number of hydrogen-bond acceptors (Lipinski definition) is 4. The third kappa shape index (κ3) is 6.45. The average Bonchev–Trinajstić information content (AvgIpc) is 2.37. The molecule has 104 valence electrons. The minimum atomic E-state index is -0.437. The number of hydrogen-bond donors (Lipinski definition) is 0. The lowest BCUT2D eigenvalue weighted by molar-refractivity contribution is -0.149. The van der Waals surface area contributed by atoms with Gasteiger partial charge in [0.2, 0.25) is 6.61 Å². The van der Waals surface area contributed by atoms with Gasteiger partial charge in [-0.05, 0) is 18.6 Å². The van der Waals surface area contributed by atoms with E-state index in [4.69, 9.17) is 32.8 Å². The normalized spacial score (nSPS) is 10.7. The van der Waals surface area contributed by atoms with Crippen LogP contribution in [0.5, 0.6) is 0 Å². The third-order valence-corrected chi connectivity index (χ3v) is 2.73. The van der Waals surface area contributed by atoms with Crippen molar-refractivity contribution in [2.45, 2.75) is 19.8 Å². The number of ether oxygens (including phenoxy) is 1. The summed E-state index contributed by atoms with van der Waals surface area (Å²) in [5.74, 6) is -0.437. The van der Waals surface area contributed by atoms with Crippen molar-refractivity contribution in [3.8, 4) is 0 Å². The van der Waals surface area contributed by atoms with Crippen molar-refractivity contribution in [3.63, 3.8) is 0 Å². The minimum Gasteiger partial charge on any atom is -0.463 e. The number of oxime groups is 1. The first-order chi connectivity index (χ1) is 9.13. The minimum absolute atomic E-state index is 0.217. The van der Waals surface area contributed by atoms with Crippen LogP contribution >= 0.6 is 23.2 Å². The molecule has 0 aliphatic carbocycles. The van der Waals surface area contributed by atoms with E-state index in [0.717, 1.165) is 12.8 Å². The number of carbonyl (C=O) groups excluding carboxylic acids is 1. The quantitative estimate of drug-likeness (QED) is 0.334. The lowest BCUT2D eigenvalue weighted by atomic mass is 10.2. The number of unbranched alkanes of at least 4 members (excludes halogenated alkanes) is 1. The predicted molar refractivity (Wildman–Crippen MR) is 75.9 cm³/mol. The van der Waals surface area contributed by atoms with Crippen LogP contribution < -0.4 is 0 Å². The number of carbonyl (C=O) groups is 1. The van der Waals surface area contributed by atoms with Crippen molar-refractivity contribution in [3.05, 3.63) is 33.8 Å². The first-order valence-electron chi connectivity index (χ1n) is 5.89. The molecule has 0 spiro atoms. The smallest absolute Gasteiger partial charge is 0.347 e. The molecule has 1 aromatic carbocycles. The van der Waals surface area contributed by atoms with Gasteiger partial charge in [-0.3, -0.25) is 0 Å². The second-order valence-corrected chi connectivity index (χ2v) is 4.59. The summed E-state index contributed by atoms with van der Waals surface area (Å²) in [6.45, 7) is 2.21. The van der Waals surface area contributed by atoms with Crippen molar-refractivity contribution < 1.29 is 14.4 Å². The Morgan fingerprint density at radius 1 is 1.42 bits per heavy atom. The number of halogens is 2. The molecule has 0 radical (unpaired) electrons. The molecule has 0 fully saturated rings. The summed E-state index contributed by atoms with van der Waals surface area (Å²) >= 11 is 11.7. The fraction of sp³-hybridized carbons (Fsp3) is 0.385. The second kappa shape index (κ2) is 8.77. The molecule has 19 heavy (non-hydrogen) atoms. The van der Waals surface area contributed by atoms with Gasteiger partial charge in [0.1, 0.15) is 0 Å². The summed E-state index contributed by atoms with van der Waals surface area (Å²) in [5, 5.41) is 4.65. The Hall–Kier alpha value is -1.26. The Morgan fingerprint density at radius 3 is 2.89 bits per heavy atom. The fourth-order valence-electron chi connectivity index (χ4n) is 1.16. The van der Waals surface area contributed by atoms with E-state index in [1.165, 1.54) is 6.21 Å². The number of nitrogens with zero attached hydrogens (tertiary/aromatic N) is 1. The van der Waals surface area contributed by atoms with Gasteiger partial charge in [0, 0.05) is 10.6 Å². The highest BCUT2D eigenvalue weighted by atomic mass is 35.5. The van der Waals surface area contributed by atoms with Gasteiger partial charge < -0.3 is 9.57 Å². The molecule has 0 amide bonds. The van der Waals surface area contributed by atoms with Gasteiger partial charge in [0.25, 0.3) is 0 Å². The predicted octanol–water partition coefficient (Wildman–Crippen LogP) is 3.69.